The number of carbonyl (C=O) groups is 3. The monoisotopic (exact) mass is 384 g/mol. The van der Waals surface area contributed by atoms with Crippen LogP contribution in [0.3, 0.4) is 0 Å². The summed E-state index contributed by atoms with van der Waals surface area (Å²) in [6.45, 7) is 1.58. The quantitative estimate of drug-likeness (QED) is 0.307. The molecule has 0 saturated heterocycles. The molecular formula is C20H24N4O4. The first-order chi connectivity index (χ1) is 13.5. The van der Waals surface area contributed by atoms with Gasteiger partial charge in [-0.15, -0.1) is 0 Å². The van der Waals surface area contributed by atoms with E-state index < -0.39 is 30.0 Å². The zero-order valence-corrected chi connectivity index (χ0v) is 15.6. The first-order valence-corrected chi connectivity index (χ1v) is 8.81. The van der Waals surface area contributed by atoms with Gasteiger partial charge in [-0.1, -0.05) is 60.7 Å². The molecule has 0 unspecified atom stereocenters. The van der Waals surface area contributed by atoms with E-state index in [4.69, 9.17) is 10.6 Å². The molecular weight excluding hydrogens is 360 g/mol. The molecule has 0 aliphatic heterocycles. The van der Waals surface area contributed by atoms with E-state index in [0.717, 1.165) is 11.1 Å². The Bertz CT molecular complexity index is 783. The van der Waals surface area contributed by atoms with E-state index in [0.29, 0.717) is 0 Å². The zero-order chi connectivity index (χ0) is 20.4. The van der Waals surface area contributed by atoms with Gasteiger partial charge in [0, 0.05) is 6.42 Å². The summed E-state index contributed by atoms with van der Waals surface area (Å²) < 4.78 is 5.19. The normalized spacial score (nSPS) is 12.4. The highest BCUT2D eigenvalue weighted by Gasteiger charge is 2.25. The lowest BCUT2D eigenvalue weighted by molar-refractivity contribution is -0.129. The maximum absolute atomic E-state index is 12.6. The summed E-state index contributed by atoms with van der Waals surface area (Å²) in [7, 11) is 0. The predicted octanol–water partition coefficient (Wildman–Crippen LogP) is 1.02. The molecule has 8 nitrogen and oxygen atoms in total. The molecule has 2 atom stereocenters. The van der Waals surface area contributed by atoms with Crippen molar-refractivity contribution in [3.8, 4) is 0 Å². The van der Waals surface area contributed by atoms with Gasteiger partial charge in [0.05, 0.1) is 0 Å². The van der Waals surface area contributed by atoms with E-state index in [1.807, 2.05) is 66.1 Å². The molecule has 0 aliphatic carbocycles. The number of benzene rings is 2. The van der Waals surface area contributed by atoms with Crippen molar-refractivity contribution >= 4 is 17.9 Å². The molecule has 0 aromatic heterocycles. The molecule has 148 valence electrons. The molecule has 8 heteroatoms. The molecule has 0 aliphatic rings. The fourth-order valence-corrected chi connectivity index (χ4v) is 2.47. The highest BCUT2D eigenvalue weighted by atomic mass is 16.5. The van der Waals surface area contributed by atoms with Crippen LogP contribution in [0.4, 0.5) is 4.79 Å². The minimum absolute atomic E-state index is 0.0817. The highest BCUT2D eigenvalue weighted by molar-refractivity contribution is 5.91. The number of hydrogen-bond donors (Lipinski definition) is 4. The van der Waals surface area contributed by atoms with Crippen LogP contribution < -0.4 is 21.9 Å². The molecule has 2 rings (SSSR count). The predicted molar refractivity (Wildman–Crippen MR) is 104 cm³/mol. The Morgan fingerprint density at radius 1 is 0.893 bits per heavy atom. The Morgan fingerprint density at radius 2 is 1.46 bits per heavy atom. The second-order valence-electron chi connectivity index (χ2n) is 6.19. The standard InChI is InChI=1S/C20H24N4O4/c1-14(18(25)24-21)22-19(26)17(12-15-8-4-2-5-9-15)23-20(27)28-13-16-10-6-3-7-11-16/h2-11,14,17H,12-13,21H2,1H3,(H,22,26)(H,23,27)(H,24,25)/t14-,17-/m0/s1. The van der Waals surface area contributed by atoms with E-state index in [9.17, 15) is 14.4 Å². The van der Waals surface area contributed by atoms with Gasteiger partial charge in [-0.25, -0.2) is 10.6 Å². The molecule has 0 radical (unpaired) electrons. The Labute approximate surface area is 163 Å². The van der Waals surface area contributed by atoms with Crippen LogP contribution in [0.1, 0.15) is 18.1 Å². The number of nitrogens with one attached hydrogen (secondary N) is 3. The molecule has 0 spiro atoms. The molecule has 5 N–H and O–H groups in total. The van der Waals surface area contributed by atoms with Crippen LogP contribution in [0.15, 0.2) is 60.7 Å². The molecule has 28 heavy (non-hydrogen) atoms. The van der Waals surface area contributed by atoms with Gasteiger partial charge in [0.15, 0.2) is 0 Å². The van der Waals surface area contributed by atoms with Crippen LogP contribution in [0.5, 0.6) is 0 Å². The zero-order valence-electron chi connectivity index (χ0n) is 15.6. The molecule has 3 amide bonds. The van der Waals surface area contributed by atoms with Crippen molar-refractivity contribution in [3.63, 3.8) is 0 Å². The number of hydrogen-bond acceptors (Lipinski definition) is 5. The third-order valence-electron chi connectivity index (χ3n) is 4.00. The van der Waals surface area contributed by atoms with Crippen LogP contribution in [0, 0.1) is 0 Å². The van der Waals surface area contributed by atoms with Crippen LogP contribution >= 0.6 is 0 Å². The molecule has 2 aromatic rings. The minimum Gasteiger partial charge on any atom is -0.445 e. The van der Waals surface area contributed by atoms with Gasteiger partial charge < -0.3 is 15.4 Å². The maximum Gasteiger partial charge on any atom is 0.408 e. The third kappa shape index (κ3) is 6.73. The van der Waals surface area contributed by atoms with Crippen LogP contribution in [0.2, 0.25) is 0 Å². The fraction of sp³-hybridized carbons (Fsp3) is 0.250. The average Bonchev–Trinajstić information content (AvgIpc) is 2.72. The average molecular weight is 384 g/mol. The number of carbonyl (C=O) groups excluding carboxylic acids is 3. The van der Waals surface area contributed by atoms with Crippen LogP contribution in [-0.2, 0) is 27.4 Å². The summed E-state index contributed by atoms with van der Waals surface area (Å²) in [5, 5.41) is 5.09. The summed E-state index contributed by atoms with van der Waals surface area (Å²) in [6.07, 6.45) is -0.486. The van der Waals surface area contributed by atoms with Crippen molar-refractivity contribution in [2.45, 2.75) is 32.0 Å². The fourth-order valence-electron chi connectivity index (χ4n) is 2.47. The SMILES string of the molecule is C[C@H](NC(=O)[C@H](Cc1ccccc1)NC(=O)OCc1ccccc1)C(=O)NN. The number of ether oxygens (including phenoxy) is 1. The highest BCUT2D eigenvalue weighted by Crippen LogP contribution is 2.06. The van der Waals surface area contributed by atoms with Gasteiger partial charge in [0.1, 0.15) is 18.7 Å². The summed E-state index contributed by atoms with van der Waals surface area (Å²) >= 11 is 0. The number of hydrazine groups is 1. The number of nitrogens with two attached hydrogens (primary N) is 1. The van der Waals surface area contributed by atoms with Gasteiger partial charge in [-0.05, 0) is 18.1 Å². The van der Waals surface area contributed by atoms with Crippen molar-refractivity contribution in [2.75, 3.05) is 0 Å². The molecule has 0 saturated carbocycles. The first kappa shape index (κ1) is 20.9. The Hall–Kier alpha value is -3.39. The van der Waals surface area contributed by atoms with Crippen molar-refractivity contribution < 1.29 is 19.1 Å². The van der Waals surface area contributed by atoms with E-state index in [-0.39, 0.29) is 13.0 Å². The summed E-state index contributed by atoms with van der Waals surface area (Å²) in [4.78, 5) is 36.3. The van der Waals surface area contributed by atoms with Gasteiger partial charge in [-0.3, -0.25) is 15.0 Å². The molecule has 2 aromatic carbocycles. The summed E-state index contributed by atoms with van der Waals surface area (Å²) in [5.41, 5.74) is 3.65. The molecule has 0 heterocycles. The van der Waals surface area contributed by atoms with Crippen molar-refractivity contribution in [3.05, 3.63) is 71.8 Å². The smallest absolute Gasteiger partial charge is 0.408 e. The Morgan fingerprint density at radius 3 is 2.04 bits per heavy atom. The van der Waals surface area contributed by atoms with Gasteiger partial charge in [0.2, 0.25) is 5.91 Å². The first-order valence-electron chi connectivity index (χ1n) is 8.81. The van der Waals surface area contributed by atoms with E-state index in [1.54, 1.807) is 0 Å². The largest absolute Gasteiger partial charge is 0.445 e. The Balaban J connectivity index is 2.01. The topological polar surface area (TPSA) is 123 Å². The minimum atomic E-state index is -0.918. The maximum atomic E-state index is 12.6. The van der Waals surface area contributed by atoms with Gasteiger partial charge in [0.25, 0.3) is 5.91 Å². The third-order valence-corrected chi connectivity index (χ3v) is 4.00. The lowest BCUT2D eigenvalue weighted by Crippen LogP contribution is -2.54. The summed E-state index contributed by atoms with van der Waals surface area (Å²) in [5.74, 6) is 4.02. The summed E-state index contributed by atoms with van der Waals surface area (Å²) in [6, 6.07) is 16.6. The van der Waals surface area contributed by atoms with Crippen molar-refractivity contribution in [1.82, 2.24) is 16.1 Å². The second-order valence-corrected chi connectivity index (χ2v) is 6.19. The van der Waals surface area contributed by atoms with Crippen molar-refractivity contribution in [1.29, 1.82) is 0 Å². The second kappa shape index (κ2) is 10.7. The Kier molecular flexibility index (Phi) is 7.98. The number of alkyl carbamates (subject to hydrolysis) is 1. The number of amides is 3. The van der Waals surface area contributed by atoms with E-state index in [2.05, 4.69) is 10.6 Å². The lowest BCUT2D eigenvalue weighted by atomic mass is 10.1. The van der Waals surface area contributed by atoms with Crippen molar-refractivity contribution in [2.24, 2.45) is 5.84 Å². The lowest BCUT2D eigenvalue weighted by Gasteiger charge is -2.20. The molecule has 0 fully saturated rings. The van der Waals surface area contributed by atoms with E-state index >= 15 is 0 Å². The van der Waals surface area contributed by atoms with E-state index in [1.165, 1.54) is 6.92 Å². The van der Waals surface area contributed by atoms with Crippen LogP contribution in [-0.4, -0.2) is 30.0 Å². The van der Waals surface area contributed by atoms with Gasteiger partial charge >= 0.3 is 6.09 Å². The van der Waals surface area contributed by atoms with Gasteiger partial charge in [-0.2, -0.15) is 0 Å². The van der Waals surface area contributed by atoms with Crippen LogP contribution in [0.25, 0.3) is 0 Å². The molecule has 0 bridgehead atoms. The number of rotatable bonds is 8.